The first-order chi connectivity index (χ1) is 11.1. The van der Waals surface area contributed by atoms with Crippen LogP contribution in [0.5, 0.6) is 0 Å². The van der Waals surface area contributed by atoms with E-state index in [9.17, 15) is 4.79 Å². The van der Waals surface area contributed by atoms with Gasteiger partial charge in [-0.1, -0.05) is 5.16 Å². The number of rotatable bonds is 4. The van der Waals surface area contributed by atoms with Gasteiger partial charge in [-0.05, 0) is 20.3 Å². The van der Waals surface area contributed by atoms with Crippen molar-refractivity contribution in [3.63, 3.8) is 0 Å². The molecule has 1 aliphatic rings. The minimum Gasteiger partial charge on any atom is -0.368 e. The van der Waals surface area contributed by atoms with Crippen molar-refractivity contribution in [3.8, 4) is 0 Å². The van der Waals surface area contributed by atoms with E-state index in [2.05, 4.69) is 15.1 Å². The fraction of sp³-hybridized carbons (Fsp3) is 0.500. The van der Waals surface area contributed by atoms with Gasteiger partial charge in [0, 0.05) is 30.9 Å². The van der Waals surface area contributed by atoms with Crippen molar-refractivity contribution in [2.24, 2.45) is 0 Å². The predicted octanol–water partition coefficient (Wildman–Crippen LogP) is 1.61. The van der Waals surface area contributed by atoms with Gasteiger partial charge in [-0.25, -0.2) is 0 Å². The van der Waals surface area contributed by atoms with Gasteiger partial charge in [0.15, 0.2) is 0 Å². The summed E-state index contributed by atoms with van der Waals surface area (Å²) in [7, 11) is 0. The molecule has 2 aromatic rings. The fourth-order valence-electron chi connectivity index (χ4n) is 2.78. The molecule has 1 aliphatic heterocycles. The molecule has 1 saturated heterocycles. The Labute approximate surface area is 134 Å². The summed E-state index contributed by atoms with van der Waals surface area (Å²) in [5.41, 5.74) is 2.64. The zero-order valence-corrected chi connectivity index (χ0v) is 13.4. The summed E-state index contributed by atoms with van der Waals surface area (Å²) in [6, 6.07) is 0. The van der Waals surface area contributed by atoms with E-state index in [1.54, 1.807) is 18.6 Å². The highest BCUT2D eigenvalue weighted by molar-refractivity contribution is 5.76. The molecule has 3 rings (SSSR count). The number of amides is 1. The van der Waals surface area contributed by atoms with Gasteiger partial charge in [-0.3, -0.25) is 14.8 Å². The molecule has 7 nitrogen and oxygen atoms in total. The van der Waals surface area contributed by atoms with E-state index in [1.807, 2.05) is 18.7 Å². The highest BCUT2D eigenvalue weighted by Gasteiger charge is 2.26. The van der Waals surface area contributed by atoms with Gasteiger partial charge in [0.1, 0.15) is 11.9 Å². The molecule has 2 aromatic heterocycles. The van der Waals surface area contributed by atoms with E-state index in [0.717, 1.165) is 22.7 Å². The molecule has 0 aliphatic carbocycles. The number of hydrogen-bond donors (Lipinski definition) is 0. The number of aryl methyl sites for hydroxylation is 2. The topological polar surface area (TPSA) is 81.4 Å². The molecule has 23 heavy (non-hydrogen) atoms. The van der Waals surface area contributed by atoms with Crippen molar-refractivity contribution in [1.82, 2.24) is 20.0 Å². The predicted molar refractivity (Wildman–Crippen MR) is 81.6 cm³/mol. The molecule has 1 amide bonds. The first-order valence-electron chi connectivity index (χ1n) is 7.72. The van der Waals surface area contributed by atoms with Gasteiger partial charge in [0.25, 0.3) is 0 Å². The molecule has 0 spiro atoms. The molecule has 7 heteroatoms. The van der Waals surface area contributed by atoms with Crippen LogP contribution in [0.2, 0.25) is 0 Å². The number of ether oxygens (including phenoxy) is 1. The normalized spacial score (nSPS) is 18.2. The Kier molecular flexibility index (Phi) is 4.66. The van der Waals surface area contributed by atoms with Crippen molar-refractivity contribution in [2.45, 2.75) is 32.8 Å². The number of carbonyl (C=O) groups is 1. The van der Waals surface area contributed by atoms with E-state index in [1.165, 1.54) is 0 Å². The molecule has 1 atom stereocenters. The molecule has 0 N–H and O–H groups in total. The summed E-state index contributed by atoms with van der Waals surface area (Å²) >= 11 is 0. The van der Waals surface area contributed by atoms with E-state index in [0.29, 0.717) is 32.5 Å². The van der Waals surface area contributed by atoms with E-state index >= 15 is 0 Å². The van der Waals surface area contributed by atoms with Crippen molar-refractivity contribution in [2.75, 3.05) is 19.7 Å². The van der Waals surface area contributed by atoms with Gasteiger partial charge in [0.05, 0.1) is 30.7 Å². The van der Waals surface area contributed by atoms with Crippen LogP contribution < -0.4 is 0 Å². The molecule has 0 saturated carbocycles. The second kappa shape index (κ2) is 6.87. The van der Waals surface area contributed by atoms with E-state index in [4.69, 9.17) is 9.26 Å². The molecule has 122 valence electrons. The highest BCUT2D eigenvalue weighted by Crippen LogP contribution is 2.21. The monoisotopic (exact) mass is 316 g/mol. The Hall–Kier alpha value is -2.28. The van der Waals surface area contributed by atoms with Crippen LogP contribution in [-0.4, -0.2) is 45.6 Å². The molecule has 0 aromatic carbocycles. The number of hydrogen-bond acceptors (Lipinski definition) is 6. The Bertz CT molecular complexity index is 652. The molecule has 0 radical (unpaired) electrons. The Morgan fingerprint density at radius 1 is 1.39 bits per heavy atom. The van der Waals surface area contributed by atoms with Crippen molar-refractivity contribution < 1.29 is 14.1 Å². The summed E-state index contributed by atoms with van der Waals surface area (Å²) in [6.45, 7) is 5.41. The van der Waals surface area contributed by atoms with Gasteiger partial charge >= 0.3 is 0 Å². The molecular weight excluding hydrogens is 296 g/mol. The lowest BCUT2D eigenvalue weighted by Gasteiger charge is -2.32. The Balaban J connectivity index is 1.59. The maximum Gasteiger partial charge on any atom is 0.223 e. The van der Waals surface area contributed by atoms with Crippen LogP contribution in [0.25, 0.3) is 0 Å². The lowest BCUT2D eigenvalue weighted by molar-refractivity contribution is -0.139. The van der Waals surface area contributed by atoms with Crippen LogP contribution in [0, 0.1) is 13.8 Å². The maximum absolute atomic E-state index is 12.5. The Morgan fingerprint density at radius 2 is 2.26 bits per heavy atom. The average molecular weight is 316 g/mol. The van der Waals surface area contributed by atoms with Gasteiger partial charge in [-0.15, -0.1) is 0 Å². The maximum atomic E-state index is 12.5. The minimum absolute atomic E-state index is 0.113. The van der Waals surface area contributed by atoms with Crippen LogP contribution in [0.3, 0.4) is 0 Å². The molecule has 1 fully saturated rings. The third kappa shape index (κ3) is 3.56. The number of aromatic nitrogens is 3. The smallest absolute Gasteiger partial charge is 0.223 e. The van der Waals surface area contributed by atoms with Crippen molar-refractivity contribution in [1.29, 1.82) is 0 Å². The third-order valence-corrected chi connectivity index (χ3v) is 4.10. The SMILES string of the molecule is Cc1noc(C)c1CCC(=O)N1CCO[C@@H](c2cnccn2)C1. The molecule has 3 heterocycles. The van der Waals surface area contributed by atoms with Crippen molar-refractivity contribution >= 4 is 5.91 Å². The Morgan fingerprint density at radius 3 is 2.96 bits per heavy atom. The van der Waals surface area contributed by atoms with Gasteiger partial charge in [0.2, 0.25) is 5.91 Å². The second-order valence-corrected chi connectivity index (χ2v) is 5.63. The lowest BCUT2D eigenvalue weighted by atomic mass is 10.1. The first-order valence-corrected chi connectivity index (χ1v) is 7.72. The second-order valence-electron chi connectivity index (χ2n) is 5.63. The van der Waals surface area contributed by atoms with Gasteiger partial charge < -0.3 is 14.2 Å². The summed E-state index contributed by atoms with van der Waals surface area (Å²) in [5.74, 6) is 0.900. The quantitative estimate of drug-likeness (QED) is 0.852. The van der Waals surface area contributed by atoms with Gasteiger partial charge in [-0.2, -0.15) is 0 Å². The lowest BCUT2D eigenvalue weighted by Crippen LogP contribution is -2.42. The third-order valence-electron chi connectivity index (χ3n) is 4.10. The number of carbonyl (C=O) groups excluding carboxylic acids is 1. The van der Waals surface area contributed by atoms with Crippen LogP contribution in [0.1, 0.15) is 35.2 Å². The van der Waals surface area contributed by atoms with Crippen LogP contribution in [-0.2, 0) is 16.0 Å². The fourth-order valence-corrected chi connectivity index (χ4v) is 2.78. The van der Waals surface area contributed by atoms with Crippen LogP contribution in [0.4, 0.5) is 0 Å². The first kappa shape index (κ1) is 15.6. The highest BCUT2D eigenvalue weighted by atomic mass is 16.5. The van der Waals surface area contributed by atoms with Crippen molar-refractivity contribution in [3.05, 3.63) is 41.3 Å². The summed E-state index contributed by atoms with van der Waals surface area (Å²) in [5, 5.41) is 3.92. The zero-order valence-electron chi connectivity index (χ0n) is 13.4. The summed E-state index contributed by atoms with van der Waals surface area (Å²) < 4.78 is 10.8. The summed E-state index contributed by atoms with van der Waals surface area (Å²) in [6.07, 6.45) is 5.82. The molecule has 0 unspecified atom stereocenters. The molecular formula is C16H20N4O3. The van der Waals surface area contributed by atoms with E-state index in [-0.39, 0.29) is 12.0 Å². The summed E-state index contributed by atoms with van der Waals surface area (Å²) in [4.78, 5) is 22.6. The number of morpholine rings is 1. The zero-order chi connectivity index (χ0) is 16.2. The standard InChI is InChI=1S/C16H20N4O3/c1-11-13(12(2)23-19-11)3-4-16(21)20-7-8-22-15(10-20)14-9-17-5-6-18-14/h5-6,9,15H,3-4,7-8,10H2,1-2H3/t15-/m1/s1. The van der Waals surface area contributed by atoms with Crippen LogP contribution >= 0.6 is 0 Å². The molecule has 0 bridgehead atoms. The van der Waals surface area contributed by atoms with E-state index < -0.39 is 0 Å². The number of nitrogens with zero attached hydrogens (tertiary/aromatic N) is 4. The minimum atomic E-state index is -0.208. The van der Waals surface area contributed by atoms with Crippen LogP contribution in [0.15, 0.2) is 23.1 Å². The average Bonchev–Trinajstić information content (AvgIpc) is 2.92. The largest absolute Gasteiger partial charge is 0.368 e.